The van der Waals surface area contributed by atoms with Gasteiger partial charge in [-0.3, -0.25) is 4.79 Å². The third-order valence-corrected chi connectivity index (χ3v) is 8.77. The number of aromatic nitrogens is 2. The van der Waals surface area contributed by atoms with Crippen LogP contribution < -0.4 is 10.2 Å². The third-order valence-electron chi connectivity index (χ3n) is 6.61. The van der Waals surface area contributed by atoms with Crippen LogP contribution in [0.15, 0.2) is 29.3 Å². The zero-order valence-electron chi connectivity index (χ0n) is 18.6. The minimum Gasteiger partial charge on any atom is -0.378 e. The summed E-state index contributed by atoms with van der Waals surface area (Å²) in [6.45, 7) is 3.12. The Morgan fingerprint density at radius 2 is 1.97 bits per heavy atom. The van der Waals surface area contributed by atoms with E-state index in [-0.39, 0.29) is 5.91 Å². The van der Waals surface area contributed by atoms with Gasteiger partial charge in [-0.05, 0) is 56.2 Å². The highest BCUT2D eigenvalue weighted by molar-refractivity contribution is 8.00. The molecule has 3 aliphatic rings. The summed E-state index contributed by atoms with van der Waals surface area (Å²) < 4.78 is 5.48. The Morgan fingerprint density at radius 1 is 1.15 bits per heavy atom. The predicted octanol–water partition coefficient (Wildman–Crippen LogP) is 5.01. The number of carbonyl (C=O) groups is 1. The maximum Gasteiger partial charge on any atom is 0.234 e. The van der Waals surface area contributed by atoms with Gasteiger partial charge in [0.25, 0.3) is 0 Å². The van der Waals surface area contributed by atoms with Gasteiger partial charge in [0, 0.05) is 29.3 Å². The fourth-order valence-corrected chi connectivity index (χ4v) is 6.94. The summed E-state index contributed by atoms with van der Waals surface area (Å²) >= 11 is 3.41. The number of hydrogen-bond acceptors (Lipinski definition) is 7. The average Bonchev–Trinajstić information content (AvgIpc) is 3.64. The number of morpholine rings is 1. The van der Waals surface area contributed by atoms with Crippen LogP contribution in [0.1, 0.15) is 47.9 Å². The lowest BCUT2D eigenvalue weighted by Crippen LogP contribution is -2.36. The molecule has 2 aliphatic carbocycles. The molecule has 2 aromatic heterocycles. The highest BCUT2D eigenvalue weighted by Gasteiger charge is 2.29. The summed E-state index contributed by atoms with van der Waals surface area (Å²) in [7, 11) is 0. The van der Waals surface area contributed by atoms with Crippen LogP contribution in [-0.2, 0) is 22.4 Å². The van der Waals surface area contributed by atoms with Crippen LogP contribution in [0.4, 0.5) is 11.4 Å². The smallest absolute Gasteiger partial charge is 0.234 e. The number of amides is 1. The van der Waals surface area contributed by atoms with E-state index in [1.807, 2.05) is 29.5 Å². The van der Waals surface area contributed by atoms with Gasteiger partial charge >= 0.3 is 0 Å². The molecule has 3 heterocycles. The molecule has 172 valence electrons. The number of hydrogen-bond donors (Lipinski definition) is 1. The molecule has 2 fully saturated rings. The maximum absolute atomic E-state index is 13.0. The van der Waals surface area contributed by atoms with Crippen LogP contribution in [0.25, 0.3) is 10.2 Å². The Hall–Kier alpha value is -2.16. The van der Waals surface area contributed by atoms with Crippen LogP contribution in [0, 0.1) is 0 Å². The summed E-state index contributed by atoms with van der Waals surface area (Å²) in [4.78, 5) is 27.8. The standard InChI is InChI=1S/C25H28N4O2S2/c30-21(26-18-6-2-3-7-19(18)29-11-13-31-14-12-29)15-32-24-22-17-5-1-4-8-20(17)33-25(22)28-23(27-24)16-9-10-16/h2-3,6-7,16H,1,4-5,8-15H2,(H,26,30). The first kappa shape index (κ1) is 21.4. The molecule has 1 aliphatic heterocycles. The van der Waals surface area contributed by atoms with Crippen molar-refractivity contribution >= 4 is 50.6 Å². The maximum atomic E-state index is 13.0. The molecule has 3 aromatic rings. The van der Waals surface area contributed by atoms with Crippen LogP contribution in [0.5, 0.6) is 0 Å². The number of nitrogens with one attached hydrogen (secondary N) is 1. The van der Waals surface area contributed by atoms with Crippen molar-refractivity contribution in [3.63, 3.8) is 0 Å². The van der Waals surface area contributed by atoms with Crippen LogP contribution in [0.3, 0.4) is 0 Å². The van der Waals surface area contributed by atoms with E-state index in [9.17, 15) is 4.79 Å². The van der Waals surface area contributed by atoms with E-state index in [4.69, 9.17) is 14.7 Å². The van der Waals surface area contributed by atoms with E-state index < -0.39 is 0 Å². The average molecular weight is 481 g/mol. The number of fused-ring (bicyclic) bond motifs is 3. The van der Waals surface area contributed by atoms with Gasteiger partial charge in [0.15, 0.2) is 0 Å². The lowest BCUT2D eigenvalue weighted by molar-refractivity contribution is -0.113. The summed E-state index contributed by atoms with van der Waals surface area (Å²) in [6.07, 6.45) is 7.10. The van der Waals surface area contributed by atoms with E-state index >= 15 is 0 Å². The molecule has 33 heavy (non-hydrogen) atoms. The van der Waals surface area contributed by atoms with Crippen LogP contribution in [-0.4, -0.2) is 47.9 Å². The molecule has 0 atom stereocenters. The number of rotatable bonds is 6. The predicted molar refractivity (Wildman–Crippen MR) is 135 cm³/mol. The van der Waals surface area contributed by atoms with Crippen molar-refractivity contribution in [3.8, 4) is 0 Å². The Labute approximate surface area is 202 Å². The number of thiophene rings is 1. The summed E-state index contributed by atoms with van der Waals surface area (Å²) in [5, 5.41) is 5.36. The van der Waals surface area contributed by atoms with E-state index in [0.717, 1.165) is 66.2 Å². The van der Waals surface area contributed by atoms with Crippen molar-refractivity contribution < 1.29 is 9.53 Å². The molecule has 0 spiro atoms. The van der Waals surface area contributed by atoms with Gasteiger partial charge in [-0.25, -0.2) is 9.97 Å². The zero-order chi connectivity index (χ0) is 22.2. The third kappa shape index (κ3) is 4.48. The topological polar surface area (TPSA) is 67.4 Å². The fourth-order valence-electron chi connectivity index (χ4n) is 4.75. The van der Waals surface area contributed by atoms with Crippen molar-refractivity contribution in [1.29, 1.82) is 0 Å². The van der Waals surface area contributed by atoms with Crippen molar-refractivity contribution in [1.82, 2.24) is 9.97 Å². The lowest BCUT2D eigenvalue weighted by atomic mass is 9.97. The number of anilines is 2. The number of nitrogens with zero attached hydrogens (tertiary/aromatic N) is 3. The molecule has 1 aromatic carbocycles. The minimum absolute atomic E-state index is 0.00420. The molecule has 0 radical (unpaired) electrons. The molecule has 8 heteroatoms. The number of benzene rings is 1. The summed E-state index contributed by atoms with van der Waals surface area (Å²) in [6, 6.07) is 8.05. The van der Waals surface area contributed by atoms with Gasteiger partial charge in [-0.2, -0.15) is 0 Å². The monoisotopic (exact) mass is 480 g/mol. The first-order chi connectivity index (χ1) is 16.3. The van der Waals surface area contributed by atoms with Crippen molar-refractivity contribution in [3.05, 3.63) is 40.5 Å². The lowest BCUT2D eigenvalue weighted by Gasteiger charge is -2.30. The van der Waals surface area contributed by atoms with Gasteiger partial charge in [-0.1, -0.05) is 23.9 Å². The van der Waals surface area contributed by atoms with Crippen LogP contribution in [0.2, 0.25) is 0 Å². The molecular formula is C25H28N4O2S2. The first-order valence-corrected chi connectivity index (χ1v) is 13.7. The van der Waals surface area contributed by atoms with Gasteiger partial charge in [0.1, 0.15) is 15.7 Å². The van der Waals surface area contributed by atoms with Gasteiger partial charge in [-0.15, -0.1) is 11.3 Å². The highest BCUT2D eigenvalue weighted by Crippen LogP contribution is 2.44. The van der Waals surface area contributed by atoms with E-state index in [1.54, 1.807) is 11.8 Å². The normalized spacial score (nSPS) is 18.4. The number of para-hydroxylation sites is 2. The van der Waals surface area contributed by atoms with Gasteiger partial charge < -0.3 is 15.0 Å². The number of thioether (sulfide) groups is 1. The van der Waals surface area contributed by atoms with Gasteiger partial charge in [0.05, 0.1) is 30.3 Å². The van der Waals surface area contributed by atoms with Crippen molar-refractivity contribution in [2.24, 2.45) is 0 Å². The largest absolute Gasteiger partial charge is 0.378 e. The quantitative estimate of drug-likeness (QED) is 0.395. The van der Waals surface area contributed by atoms with Crippen LogP contribution >= 0.6 is 23.1 Å². The molecule has 1 saturated heterocycles. The fraction of sp³-hybridized carbons (Fsp3) is 0.480. The molecule has 1 saturated carbocycles. The molecule has 1 amide bonds. The number of ether oxygens (including phenoxy) is 1. The van der Waals surface area contributed by atoms with Crippen molar-refractivity contribution in [2.45, 2.75) is 49.5 Å². The second-order valence-electron chi connectivity index (χ2n) is 9.01. The molecule has 6 rings (SSSR count). The Kier molecular flexibility index (Phi) is 5.98. The SMILES string of the molecule is O=C(CSc1nc(C2CC2)nc2sc3c(c12)CCCC3)Nc1ccccc1N1CCOCC1. The Morgan fingerprint density at radius 3 is 2.82 bits per heavy atom. The second-order valence-corrected chi connectivity index (χ2v) is 11.1. The second kappa shape index (κ2) is 9.24. The minimum atomic E-state index is 0.00420. The van der Waals surface area contributed by atoms with Gasteiger partial charge in [0.2, 0.25) is 5.91 Å². The molecule has 1 N–H and O–H groups in total. The van der Waals surface area contributed by atoms with Crippen molar-refractivity contribution in [2.75, 3.05) is 42.3 Å². The first-order valence-electron chi connectivity index (χ1n) is 11.9. The summed E-state index contributed by atoms with van der Waals surface area (Å²) in [5.41, 5.74) is 3.36. The highest BCUT2D eigenvalue weighted by atomic mass is 32.2. The Bertz CT molecular complexity index is 1180. The number of aryl methyl sites for hydroxylation is 2. The summed E-state index contributed by atoms with van der Waals surface area (Å²) in [5.74, 6) is 1.83. The molecule has 6 nitrogen and oxygen atoms in total. The molecule has 0 unspecified atom stereocenters. The Balaban J connectivity index is 1.22. The molecule has 0 bridgehead atoms. The van der Waals surface area contributed by atoms with E-state index in [2.05, 4.69) is 16.3 Å². The van der Waals surface area contributed by atoms with E-state index in [1.165, 1.54) is 41.5 Å². The zero-order valence-corrected chi connectivity index (χ0v) is 20.3. The number of carbonyl (C=O) groups excluding carboxylic acids is 1. The van der Waals surface area contributed by atoms with E-state index in [0.29, 0.717) is 11.7 Å². The molecular weight excluding hydrogens is 452 g/mol.